The number of pyridine rings is 1. The van der Waals surface area contributed by atoms with Gasteiger partial charge in [0.25, 0.3) is 0 Å². The topological polar surface area (TPSA) is 48.5 Å². The SMILES string of the molecule is CCNCc1cnc(N2CCN3C(=O)CCC3C2)c(C)c1. The minimum Gasteiger partial charge on any atom is -0.353 e. The van der Waals surface area contributed by atoms with Gasteiger partial charge in [-0.1, -0.05) is 6.92 Å². The van der Waals surface area contributed by atoms with E-state index in [0.717, 1.165) is 45.0 Å². The van der Waals surface area contributed by atoms with Crippen molar-refractivity contribution >= 4 is 11.7 Å². The number of rotatable bonds is 4. The summed E-state index contributed by atoms with van der Waals surface area (Å²) >= 11 is 0. The molecule has 1 amide bonds. The highest BCUT2D eigenvalue weighted by atomic mass is 16.2. The quantitative estimate of drug-likeness (QED) is 0.907. The summed E-state index contributed by atoms with van der Waals surface area (Å²) in [6, 6.07) is 2.60. The van der Waals surface area contributed by atoms with Gasteiger partial charge in [-0.25, -0.2) is 4.98 Å². The lowest BCUT2D eigenvalue weighted by Crippen LogP contribution is -2.51. The standard InChI is InChI=1S/C16H24N4O/c1-3-17-9-13-8-12(2)16(18-10-13)19-6-7-20-14(11-19)4-5-15(20)21/h8,10,14,17H,3-7,9,11H2,1-2H3. The fraction of sp³-hybridized carbons (Fsp3) is 0.625. The third-order valence-electron chi connectivity index (χ3n) is 4.48. The molecule has 0 saturated carbocycles. The lowest BCUT2D eigenvalue weighted by atomic mass is 10.1. The van der Waals surface area contributed by atoms with E-state index in [1.54, 1.807) is 0 Å². The van der Waals surface area contributed by atoms with Crippen molar-refractivity contribution in [3.63, 3.8) is 0 Å². The van der Waals surface area contributed by atoms with E-state index in [4.69, 9.17) is 0 Å². The number of carbonyl (C=O) groups is 1. The Morgan fingerprint density at radius 3 is 3.05 bits per heavy atom. The van der Waals surface area contributed by atoms with Crippen molar-refractivity contribution in [3.05, 3.63) is 23.4 Å². The molecule has 1 aromatic heterocycles. The summed E-state index contributed by atoms with van der Waals surface area (Å²) in [6.07, 6.45) is 3.68. The van der Waals surface area contributed by atoms with E-state index >= 15 is 0 Å². The molecule has 3 heterocycles. The monoisotopic (exact) mass is 288 g/mol. The van der Waals surface area contributed by atoms with Gasteiger partial charge in [-0.15, -0.1) is 0 Å². The van der Waals surface area contributed by atoms with Crippen molar-refractivity contribution < 1.29 is 4.79 Å². The molecule has 0 radical (unpaired) electrons. The van der Waals surface area contributed by atoms with E-state index in [0.29, 0.717) is 18.4 Å². The summed E-state index contributed by atoms with van der Waals surface area (Å²) in [5, 5.41) is 3.33. The molecular formula is C16H24N4O. The van der Waals surface area contributed by atoms with Gasteiger partial charge in [0.2, 0.25) is 5.91 Å². The van der Waals surface area contributed by atoms with Crippen LogP contribution in [0, 0.1) is 6.92 Å². The molecule has 2 aliphatic heterocycles. The largest absolute Gasteiger partial charge is 0.353 e. The Balaban J connectivity index is 1.71. The number of carbonyl (C=O) groups excluding carboxylic acids is 1. The van der Waals surface area contributed by atoms with Crippen LogP contribution in [0.25, 0.3) is 0 Å². The van der Waals surface area contributed by atoms with Gasteiger partial charge in [0, 0.05) is 44.8 Å². The van der Waals surface area contributed by atoms with Gasteiger partial charge >= 0.3 is 0 Å². The molecule has 2 aliphatic rings. The number of hydrogen-bond acceptors (Lipinski definition) is 4. The molecule has 5 nitrogen and oxygen atoms in total. The first-order valence-corrected chi connectivity index (χ1v) is 7.89. The Kier molecular flexibility index (Phi) is 4.10. The Hall–Kier alpha value is -1.62. The molecule has 2 fully saturated rings. The van der Waals surface area contributed by atoms with Crippen LogP contribution in [-0.2, 0) is 11.3 Å². The number of aromatic nitrogens is 1. The maximum Gasteiger partial charge on any atom is 0.223 e. The van der Waals surface area contributed by atoms with Gasteiger partial charge in [-0.2, -0.15) is 0 Å². The van der Waals surface area contributed by atoms with Crippen molar-refractivity contribution in [1.82, 2.24) is 15.2 Å². The van der Waals surface area contributed by atoms with Gasteiger partial charge in [-0.3, -0.25) is 4.79 Å². The molecule has 5 heteroatoms. The second-order valence-corrected chi connectivity index (χ2v) is 5.99. The van der Waals surface area contributed by atoms with Crippen LogP contribution in [0.5, 0.6) is 0 Å². The second-order valence-electron chi connectivity index (χ2n) is 5.99. The van der Waals surface area contributed by atoms with E-state index in [2.05, 4.69) is 35.1 Å². The van der Waals surface area contributed by atoms with E-state index in [1.807, 2.05) is 11.1 Å². The van der Waals surface area contributed by atoms with Crippen LogP contribution in [0.4, 0.5) is 5.82 Å². The highest BCUT2D eigenvalue weighted by Gasteiger charge is 2.36. The van der Waals surface area contributed by atoms with Gasteiger partial charge in [-0.05, 0) is 37.1 Å². The molecule has 1 unspecified atom stereocenters. The average Bonchev–Trinajstić information content (AvgIpc) is 2.86. The highest BCUT2D eigenvalue weighted by Crippen LogP contribution is 2.27. The predicted octanol–water partition coefficient (Wildman–Crippen LogP) is 1.31. The van der Waals surface area contributed by atoms with Crippen LogP contribution >= 0.6 is 0 Å². The van der Waals surface area contributed by atoms with Crippen LogP contribution in [0.3, 0.4) is 0 Å². The first-order chi connectivity index (χ1) is 10.2. The van der Waals surface area contributed by atoms with Crippen LogP contribution in [0.2, 0.25) is 0 Å². The van der Waals surface area contributed by atoms with E-state index in [1.165, 1.54) is 11.1 Å². The molecule has 1 atom stereocenters. The molecular weight excluding hydrogens is 264 g/mol. The molecule has 0 bridgehead atoms. The van der Waals surface area contributed by atoms with Crippen molar-refractivity contribution in [3.8, 4) is 0 Å². The molecule has 114 valence electrons. The number of anilines is 1. The molecule has 0 spiro atoms. The van der Waals surface area contributed by atoms with E-state index in [9.17, 15) is 4.79 Å². The fourth-order valence-corrected chi connectivity index (χ4v) is 3.38. The summed E-state index contributed by atoms with van der Waals surface area (Å²) in [4.78, 5) is 20.8. The molecule has 1 aromatic rings. The molecule has 2 saturated heterocycles. The molecule has 1 N–H and O–H groups in total. The minimum atomic E-state index is 0.324. The van der Waals surface area contributed by atoms with Crippen LogP contribution in [0.1, 0.15) is 30.9 Å². The van der Waals surface area contributed by atoms with Crippen molar-refractivity contribution in [2.45, 2.75) is 39.3 Å². The van der Waals surface area contributed by atoms with Gasteiger partial charge in [0.1, 0.15) is 5.82 Å². The van der Waals surface area contributed by atoms with Gasteiger partial charge in [0.15, 0.2) is 0 Å². The molecule has 0 aliphatic carbocycles. The van der Waals surface area contributed by atoms with Crippen molar-refractivity contribution in [2.75, 3.05) is 31.1 Å². The normalized spacial score (nSPS) is 21.8. The summed E-state index contributed by atoms with van der Waals surface area (Å²) < 4.78 is 0. The number of fused-ring (bicyclic) bond motifs is 1. The van der Waals surface area contributed by atoms with Crippen molar-refractivity contribution in [2.24, 2.45) is 0 Å². The number of nitrogens with zero attached hydrogens (tertiary/aromatic N) is 3. The third kappa shape index (κ3) is 2.88. The Bertz CT molecular complexity index is 531. The molecule has 3 rings (SSSR count). The third-order valence-corrected chi connectivity index (χ3v) is 4.48. The van der Waals surface area contributed by atoms with Crippen LogP contribution in [-0.4, -0.2) is 48.0 Å². The van der Waals surface area contributed by atoms with E-state index < -0.39 is 0 Å². The zero-order valence-corrected chi connectivity index (χ0v) is 12.9. The minimum absolute atomic E-state index is 0.324. The number of aryl methyl sites for hydroxylation is 1. The average molecular weight is 288 g/mol. The maximum absolute atomic E-state index is 11.7. The number of amides is 1. The summed E-state index contributed by atoms with van der Waals surface area (Å²) in [5.41, 5.74) is 2.45. The summed E-state index contributed by atoms with van der Waals surface area (Å²) in [6.45, 7) is 8.73. The smallest absolute Gasteiger partial charge is 0.223 e. The predicted molar refractivity (Wildman–Crippen MR) is 83.3 cm³/mol. The molecule has 0 aromatic carbocycles. The fourth-order valence-electron chi connectivity index (χ4n) is 3.38. The first-order valence-electron chi connectivity index (χ1n) is 7.89. The number of piperazine rings is 1. The lowest BCUT2D eigenvalue weighted by Gasteiger charge is -2.38. The molecule has 21 heavy (non-hydrogen) atoms. The second kappa shape index (κ2) is 6.02. The lowest BCUT2D eigenvalue weighted by molar-refractivity contribution is -0.129. The highest BCUT2D eigenvalue weighted by molar-refractivity contribution is 5.79. The summed E-state index contributed by atoms with van der Waals surface area (Å²) in [5.74, 6) is 1.40. The van der Waals surface area contributed by atoms with E-state index in [-0.39, 0.29) is 0 Å². The maximum atomic E-state index is 11.7. The Morgan fingerprint density at radius 2 is 2.29 bits per heavy atom. The Labute approximate surface area is 126 Å². The number of nitrogens with one attached hydrogen (secondary N) is 1. The Morgan fingerprint density at radius 1 is 1.43 bits per heavy atom. The first kappa shape index (κ1) is 14.3. The van der Waals surface area contributed by atoms with Gasteiger partial charge < -0.3 is 15.1 Å². The summed E-state index contributed by atoms with van der Waals surface area (Å²) in [7, 11) is 0. The van der Waals surface area contributed by atoms with Crippen LogP contribution < -0.4 is 10.2 Å². The van der Waals surface area contributed by atoms with Crippen LogP contribution in [0.15, 0.2) is 12.3 Å². The zero-order chi connectivity index (χ0) is 14.8. The van der Waals surface area contributed by atoms with Gasteiger partial charge in [0.05, 0.1) is 0 Å². The number of hydrogen-bond donors (Lipinski definition) is 1. The van der Waals surface area contributed by atoms with Crippen molar-refractivity contribution in [1.29, 1.82) is 0 Å². The zero-order valence-electron chi connectivity index (χ0n) is 12.9.